The zero-order valence-electron chi connectivity index (χ0n) is 13.7. The third-order valence-corrected chi connectivity index (χ3v) is 7.41. The molecule has 0 aromatic carbocycles. The van der Waals surface area contributed by atoms with Gasteiger partial charge in [0.2, 0.25) is 10.0 Å². The van der Waals surface area contributed by atoms with Crippen molar-refractivity contribution in [1.82, 2.24) is 10.0 Å². The normalized spacial score (nSPS) is 45.2. The molecule has 0 amide bonds. The van der Waals surface area contributed by atoms with Crippen molar-refractivity contribution in [1.29, 1.82) is 0 Å². The second-order valence-electron chi connectivity index (χ2n) is 8.79. The second kappa shape index (κ2) is 4.93. The number of hydrogen-bond acceptors (Lipinski definition) is 3. The molecule has 21 heavy (non-hydrogen) atoms. The van der Waals surface area contributed by atoms with Gasteiger partial charge >= 0.3 is 0 Å². The van der Waals surface area contributed by atoms with Crippen LogP contribution in [0.4, 0.5) is 0 Å². The molecule has 4 bridgehead atoms. The van der Waals surface area contributed by atoms with Crippen LogP contribution in [0, 0.1) is 16.7 Å². The van der Waals surface area contributed by atoms with E-state index in [0.717, 1.165) is 31.7 Å². The highest BCUT2D eigenvalue weighted by Gasteiger charge is 2.60. The van der Waals surface area contributed by atoms with E-state index in [0.29, 0.717) is 17.3 Å². The summed E-state index contributed by atoms with van der Waals surface area (Å²) in [6, 6.07) is 0. The van der Waals surface area contributed by atoms with Crippen molar-refractivity contribution in [2.45, 2.75) is 64.3 Å². The standard InChI is InChI=1S/C16H30N2O2S/c1-14-7-13-8-15(2,10-14)12-16(9-13,11-14)18-21(19,20)6-4-5-17-3/h13,17-18H,4-12H2,1-3H3. The van der Waals surface area contributed by atoms with Crippen LogP contribution in [0.5, 0.6) is 0 Å². The molecule has 0 radical (unpaired) electrons. The third kappa shape index (κ3) is 3.15. The lowest BCUT2D eigenvalue weighted by Crippen LogP contribution is -2.65. The summed E-state index contributed by atoms with van der Waals surface area (Å²) >= 11 is 0. The molecule has 2 unspecified atom stereocenters. The van der Waals surface area contributed by atoms with E-state index >= 15 is 0 Å². The zero-order chi connectivity index (χ0) is 15.4. The fourth-order valence-corrected chi connectivity index (χ4v) is 7.90. The number of sulfonamides is 1. The van der Waals surface area contributed by atoms with Crippen LogP contribution in [0.3, 0.4) is 0 Å². The van der Waals surface area contributed by atoms with Gasteiger partial charge < -0.3 is 5.32 Å². The SMILES string of the molecule is CNCCCS(=O)(=O)NC12CC3CC(C)(CC(C)(C3)C1)C2. The molecule has 4 nitrogen and oxygen atoms in total. The molecule has 122 valence electrons. The molecule has 0 saturated heterocycles. The van der Waals surface area contributed by atoms with Gasteiger partial charge in [-0.05, 0) is 75.3 Å². The molecule has 4 aliphatic rings. The average molecular weight is 314 g/mol. The summed E-state index contributed by atoms with van der Waals surface area (Å²) in [6.07, 6.45) is 7.69. The Balaban J connectivity index is 1.76. The van der Waals surface area contributed by atoms with E-state index in [9.17, 15) is 8.42 Å². The summed E-state index contributed by atoms with van der Waals surface area (Å²) in [5.41, 5.74) is 0.546. The van der Waals surface area contributed by atoms with Crippen LogP contribution >= 0.6 is 0 Å². The monoisotopic (exact) mass is 314 g/mol. The van der Waals surface area contributed by atoms with Crippen molar-refractivity contribution in [3.63, 3.8) is 0 Å². The fraction of sp³-hybridized carbons (Fsp3) is 1.00. The third-order valence-electron chi connectivity index (χ3n) is 5.84. The van der Waals surface area contributed by atoms with Crippen LogP contribution in [0.25, 0.3) is 0 Å². The van der Waals surface area contributed by atoms with E-state index in [2.05, 4.69) is 23.9 Å². The predicted molar refractivity (Wildman–Crippen MR) is 85.6 cm³/mol. The van der Waals surface area contributed by atoms with Gasteiger partial charge in [-0.1, -0.05) is 13.8 Å². The molecule has 0 aromatic heterocycles. The van der Waals surface area contributed by atoms with E-state index in [1.165, 1.54) is 19.3 Å². The Kier molecular flexibility index (Phi) is 3.70. The molecule has 4 fully saturated rings. The van der Waals surface area contributed by atoms with E-state index in [-0.39, 0.29) is 11.3 Å². The molecule has 0 aliphatic heterocycles. The van der Waals surface area contributed by atoms with Crippen molar-refractivity contribution in [2.24, 2.45) is 16.7 Å². The molecule has 0 heterocycles. The molecular formula is C16H30N2O2S. The minimum atomic E-state index is -3.16. The number of hydrogen-bond donors (Lipinski definition) is 2. The first kappa shape index (κ1) is 15.8. The largest absolute Gasteiger partial charge is 0.320 e. The summed E-state index contributed by atoms with van der Waals surface area (Å²) in [4.78, 5) is 0. The van der Waals surface area contributed by atoms with E-state index in [4.69, 9.17) is 0 Å². The predicted octanol–water partition coefficient (Wildman–Crippen LogP) is 2.26. The van der Waals surface area contributed by atoms with Crippen LogP contribution in [-0.2, 0) is 10.0 Å². The topological polar surface area (TPSA) is 58.2 Å². The van der Waals surface area contributed by atoms with Crippen LogP contribution in [0.15, 0.2) is 0 Å². The van der Waals surface area contributed by atoms with Crippen LogP contribution < -0.4 is 10.0 Å². The van der Waals surface area contributed by atoms with Crippen molar-refractivity contribution in [3.05, 3.63) is 0 Å². The molecule has 4 rings (SSSR count). The van der Waals surface area contributed by atoms with Gasteiger partial charge in [0.25, 0.3) is 0 Å². The molecular weight excluding hydrogens is 284 g/mol. The first-order chi connectivity index (χ1) is 9.67. The maximum absolute atomic E-state index is 12.5. The molecule has 2 N–H and O–H groups in total. The van der Waals surface area contributed by atoms with Crippen molar-refractivity contribution in [2.75, 3.05) is 19.3 Å². The van der Waals surface area contributed by atoms with Gasteiger partial charge in [0.15, 0.2) is 0 Å². The van der Waals surface area contributed by atoms with Crippen LogP contribution in [0.2, 0.25) is 0 Å². The molecule has 2 atom stereocenters. The summed E-state index contributed by atoms with van der Waals surface area (Å²) in [5.74, 6) is 0.962. The quantitative estimate of drug-likeness (QED) is 0.739. The van der Waals surface area contributed by atoms with Crippen LogP contribution in [-0.4, -0.2) is 33.3 Å². The maximum atomic E-state index is 12.5. The minimum absolute atomic E-state index is 0.151. The molecule has 5 heteroatoms. The minimum Gasteiger partial charge on any atom is -0.320 e. The number of rotatable bonds is 6. The highest BCUT2D eigenvalue weighted by Crippen LogP contribution is 2.66. The molecule has 4 saturated carbocycles. The molecule has 4 aliphatic carbocycles. The lowest BCUT2D eigenvalue weighted by atomic mass is 9.43. The Labute approximate surface area is 129 Å². The smallest absolute Gasteiger partial charge is 0.212 e. The van der Waals surface area contributed by atoms with Gasteiger partial charge in [0, 0.05) is 5.54 Å². The van der Waals surface area contributed by atoms with Gasteiger partial charge in [0.05, 0.1) is 5.75 Å². The Morgan fingerprint density at radius 2 is 1.67 bits per heavy atom. The van der Waals surface area contributed by atoms with Gasteiger partial charge in [-0.2, -0.15) is 0 Å². The summed E-state index contributed by atoms with van der Waals surface area (Å²) < 4.78 is 28.1. The molecule has 0 aromatic rings. The van der Waals surface area contributed by atoms with E-state index in [1.54, 1.807) is 0 Å². The Morgan fingerprint density at radius 3 is 2.19 bits per heavy atom. The Hall–Kier alpha value is -0.130. The summed E-state index contributed by atoms with van der Waals surface area (Å²) in [5, 5.41) is 3.02. The summed E-state index contributed by atoms with van der Waals surface area (Å²) in [6.45, 7) is 5.51. The van der Waals surface area contributed by atoms with Crippen molar-refractivity contribution >= 4 is 10.0 Å². The van der Waals surface area contributed by atoms with Gasteiger partial charge in [0.1, 0.15) is 0 Å². The first-order valence-corrected chi connectivity index (χ1v) is 9.99. The van der Waals surface area contributed by atoms with Gasteiger partial charge in [-0.3, -0.25) is 0 Å². The Bertz CT molecular complexity index is 498. The van der Waals surface area contributed by atoms with Gasteiger partial charge in [-0.15, -0.1) is 0 Å². The highest BCUT2D eigenvalue weighted by molar-refractivity contribution is 7.89. The highest BCUT2D eigenvalue weighted by atomic mass is 32.2. The molecule has 0 spiro atoms. The average Bonchev–Trinajstić information content (AvgIpc) is 2.21. The number of nitrogens with one attached hydrogen (secondary N) is 2. The van der Waals surface area contributed by atoms with Crippen molar-refractivity contribution < 1.29 is 8.42 Å². The van der Waals surface area contributed by atoms with Crippen molar-refractivity contribution in [3.8, 4) is 0 Å². The summed E-state index contributed by atoms with van der Waals surface area (Å²) in [7, 11) is -1.30. The zero-order valence-corrected chi connectivity index (χ0v) is 14.5. The maximum Gasteiger partial charge on any atom is 0.212 e. The lowest BCUT2D eigenvalue weighted by molar-refractivity contribution is -0.110. The van der Waals surface area contributed by atoms with E-state index in [1.807, 2.05) is 7.05 Å². The van der Waals surface area contributed by atoms with Crippen LogP contribution in [0.1, 0.15) is 58.8 Å². The Morgan fingerprint density at radius 1 is 1.05 bits per heavy atom. The van der Waals surface area contributed by atoms with E-state index < -0.39 is 10.0 Å². The van der Waals surface area contributed by atoms with Gasteiger partial charge in [-0.25, -0.2) is 13.1 Å². The lowest BCUT2D eigenvalue weighted by Gasteiger charge is -2.65. The fourth-order valence-electron chi connectivity index (χ4n) is 6.38. The second-order valence-corrected chi connectivity index (χ2v) is 10.6. The first-order valence-electron chi connectivity index (χ1n) is 8.34.